The zero-order chi connectivity index (χ0) is 18.5. The van der Waals surface area contributed by atoms with Crippen molar-refractivity contribution in [3.8, 4) is 0 Å². The van der Waals surface area contributed by atoms with Gasteiger partial charge >= 0.3 is 0 Å². The number of carbonyl (C=O) groups is 3. The van der Waals surface area contributed by atoms with E-state index in [4.69, 9.17) is 4.52 Å². The van der Waals surface area contributed by atoms with Gasteiger partial charge in [-0.1, -0.05) is 5.16 Å². The van der Waals surface area contributed by atoms with Crippen molar-refractivity contribution in [3.05, 3.63) is 30.1 Å². The Hall–Kier alpha value is -2.96. The molecule has 0 radical (unpaired) electrons. The minimum Gasteiger partial charge on any atom is -0.356 e. The average molecular weight is 365 g/mol. The number of amides is 2. The molecule has 1 N–H and O–H groups in total. The van der Waals surface area contributed by atoms with Crippen LogP contribution in [0.15, 0.2) is 28.9 Å². The van der Waals surface area contributed by atoms with Crippen LogP contribution >= 0.6 is 0 Å². The highest BCUT2D eigenvalue weighted by Gasteiger charge is 2.33. The summed E-state index contributed by atoms with van der Waals surface area (Å²) >= 11 is 0. The van der Waals surface area contributed by atoms with Gasteiger partial charge in [0.1, 0.15) is 12.0 Å². The number of hydrogen-bond donors (Lipinski definition) is 1. The highest BCUT2D eigenvalue weighted by molar-refractivity contribution is 6.09. The van der Waals surface area contributed by atoms with E-state index in [0.29, 0.717) is 30.2 Å². The first kappa shape index (κ1) is 16.2. The molecule has 1 aliphatic heterocycles. The minimum atomic E-state index is -0.483. The molecule has 138 valence electrons. The van der Waals surface area contributed by atoms with Crippen molar-refractivity contribution in [2.24, 2.45) is 5.92 Å². The van der Waals surface area contributed by atoms with Crippen LogP contribution in [0.4, 0.5) is 0 Å². The lowest BCUT2D eigenvalue weighted by molar-refractivity contribution is -0.134. The first-order valence-electron chi connectivity index (χ1n) is 9.33. The molecule has 5 rings (SSSR count). The summed E-state index contributed by atoms with van der Waals surface area (Å²) in [5, 5.41) is 8.40. The quantitative estimate of drug-likeness (QED) is 0.569. The Balaban J connectivity index is 1.61. The number of hydrogen-bond acceptors (Lipinski definition) is 5. The first-order chi connectivity index (χ1) is 13.2. The van der Waals surface area contributed by atoms with E-state index in [9.17, 15) is 14.4 Å². The van der Waals surface area contributed by atoms with E-state index in [-0.39, 0.29) is 17.7 Å². The first-order valence-corrected chi connectivity index (χ1v) is 9.33. The highest BCUT2D eigenvalue weighted by Crippen LogP contribution is 2.39. The van der Waals surface area contributed by atoms with Gasteiger partial charge in [-0.2, -0.15) is 0 Å². The van der Waals surface area contributed by atoms with E-state index in [2.05, 4.69) is 15.0 Å². The summed E-state index contributed by atoms with van der Waals surface area (Å²) in [6, 6.07) is 6.21. The Morgan fingerprint density at radius 3 is 2.85 bits per heavy atom. The highest BCUT2D eigenvalue weighted by atomic mass is 16.5. The molecule has 1 aliphatic carbocycles. The lowest BCUT2D eigenvalue weighted by Crippen LogP contribution is -2.39. The van der Waals surface area contributed by atoms with Crippen molar-refractivity contribution in [2.45, 2.75) is 44.1 Å². The third-order valence-electron chi connectivity index (χ3n) is 5.96. The van der Waals surface area contributed by atoms with E-state index in [1.54, 1.807) is 0 Å². The van der Waals surface area contributed by atoms with Crippen molar-refractivity contribution in [1.29, 1.82) is 0 Å². The molecule has 3 atom stereocenters. The Kier molecular flexibility index (Phi) is 3.63. The number of fused-ring (bicyclic) bond motifs is 3. The maximum absolute atomic E-state index is 12.3. The van der Waals surface area contributed by atoms with Crippen molar-refractivity contribution >= 4 is 40.0 Å². The molecule has 2 fully saturated rings. The number of aromatic nitrogens is 2. The summed E-state index contributed by atoms with van der Waals surface area (Å²) in [7, 11) is 0. The largest absolute Gasteiger partial charge is 0.356 e. The molecule has 0 spiro atoms. The van der Waals surface area contributed by atoms with Crippen molar-refractivity contribution in [2.75, 3.05) is 0 Å². The molecule has 27 heavy (non-hydrogen) atoms. The number of imide groups is 1. The topological polar surface area (TPSA) is 94.2 Å². The van der Waals surface area contributed by atoms with E-state index >= 15 is 0 Å². The van der Waals surface area contributed by atoms with E-state index in [0.717, 1.165) is 41.8 Å². The summed E-state index contributed by atoms with van der Waals surface area (Å²) in [6.07, 6.45) is 6.60. The minimum absolute atomic E-state index is 0.130. The van der Waals surface area contributed by atoms with Gasteiger partial charge in [0, 0.05) is 35.5 Å². The van der Waals surface area contributed by atoms with Gasteiger partial charge < -0.3 is 13.9 Å². The van der Waals surface area contributed by atoms with Crippen LogP contribution in [-0.2, 0) is 14.4 Å². The number of benzene rings is 1. The van der Waals surface area contributed by atoms with Gasteiger partial charge in [0.15, 0.2) is 5.58 Å². The van der Waals surface area contributed by atoms with Crippen LogP contribution < -0.4 is 5.32 Å². The monoisotopic (exact) mass is 365 g/mol. The molecular formula is C20H19N3O4. The van der Waals surface area contributed by atoms with Gasteiger partial charge in [0.25, 0.3) is 0 Å². The Bertz CT molecular complexity index is 1080. The maximum atomic E-state index is 12.3. The molecule has 1 saturated carbocycles. The number of aldehydes is 1. The predicted molar refractivity (Wildman–Crippen MR) is 97.1 cm³/mol. The molecule has 2 aromatic heterocycles. The standard InChI is InChI=1S/C20H19N3O4/c24-10-11-1-2-12(9-11)23-8-7-13-15(23)4-5-16-18(13)19(22-27-16)14-3-6-17(25)21-20(14)26/h4-5,7-8,10-12,14H,1-3,6,9H2,(H,21,25,26)/t11-,12?,14?/m1/s1. The number of rotatable bonds is 3. The molecule has 0 bridgehead atoms. The second-order valence-electron chi connectivity index (χ2n) is 7.53. The lowest BCUT2D eigenvalue weighted by atomic mass is 9.92. The van der Waals surface area contributed by atoms with E-state index < -0.39 is 5.92 Å². The lowest BCUT2D eigenvalue weighted by Gasteiger charge is -2.19. The van der Waals surface area contributed by atoms with Crippen molar-refractivity contribution in [3.63, 3.8) is 0 Å². The van der Waals surface area contributed by atoms with Gasteiger partial charge in [-0.25, -0.2) is 0 Å². The molecule has 7 heteroatoms. The summed E-state index contributed by atoms with van der Waals surface area (Å²) in [6.45, 7) is 0. The third-order valence-corrected chi connectivity index (χ3v) is 5.96. The molecule has 2 unspecified atom stereocenters. The van der Waals surface area contributed by atoms with Gasteiger partial charge in [-0.15, -0.1) is 0 Å². The zero-order valence-electron chi connectivity index (χ0n) is 14.7. The molecule has 1 saturated heterocycles. The van der Waals surface area contributed by atoms with Crippen molar-refractivity contribution < 1.29 is 18.9 Å². The van der Waals surface area contributed by atoms with Crippen LogP contribution in [0.5, 0.6) is 0 Å². The van der Waals surface area contributed by atoms with Gasteiger partial charge in [0.2, 0.25) is 11.8 Å². The van der Waals surface area contributed by atoms with Crippen LogP contribution in [-0.4, -0.2) is 27.8 Å². The molecular weight excluding hydrogens is 346 g/mol. The maximum Gasteiger partial charge on any atom is 0.235 e. The van der Waals surface area contributed by atoms with Crippen LogP contribution in [0, 0.1) is 5.92 Å². The number of carbonyl (C=O) groups excluding carboxylic acids is 3. The summed E-state index contributed by atoms with van der Waals surface area (Å²) in [5.74, 6) is -0.913. The molecule has 3 aromatic rings. The number of piperidine rings is 1. The van der Waals surface area contributed by atoms with Crippen LogP contribution in [0.1, 0.15) is 49.8 Å². The fourth-order valence-corrected chi connectivity index (χ4v) is 4.58. The second-order valence-corrected chi connectivity index (χ2v) is 7.53. The smallest absolute Gasteiger partial charge is 0.235 e. The third kappa shape index (κ3) is 2.49. The normalized spacial score (nSPS) is 26.0. The summed E-state index contributed by atoms with van der Waals surface area (Å²) in [4.78, 5) is 34.9. The van der Waals surface area contributed by atoms with Gasteiger partial charge in [-0.05, 0) is 43.9 Å². The number of nitrogens with zero attached hydrogens (tertiary/aromatic N) is 2. The SMILES string of the molecule is O=C[C@@H]1CCC(n2ccc3c4c(C5CCC(=O)NC5=O)noc4ccc32)C1. The fourth-order valence-electron chi connectivity index (χ4n) is 4.58. The molecule has 7 nitrogen and oxygen atoms in total. The summed E-state index contributed by atoms with van der Waals surface area (Å²) < 4.78 is 7.71. The van der Waals surface area contributed by atoms with Crippen LogP contribution in [0.2, 0.25) is 0 Å². The Morgan fingerprint density at radius 2 is 2.07 bits per heavy atom. The average Bonchev–Trinajstić information content (AvgIpc) is 3.38. The molecule has 2 amide bonds. The summed E-state index contributed by atoms with van der Waals surface area (Å²) in [5.41, 5.74) is 2.28. The molecule has 1 aromatic carbocycles. The fraction of sp³-hybridized carbons (Fsp3) is 0.400. The van der Waals surface area contributed by atoms with Gasteiger partial charge in [0.05, 0.1) is 11.3 Å². The van der Waals surface area contributed by atoms with Crippen LogP contribution in [0.3, 0.4) is 0 Å². The second kappa shape index (κ2) is 6.04. The van der Waals surface area contributed by atoms with Crippen molar-refractivity contribution in [1.82, 2.24) is 15.0 Å². The van der Waals surface area contributed by atoms with E-state index in [1.807, 2.05) is 24.4 Å². The molecule has 3 heterocycles. The van der Waals surface area contributed by atoms with E-state index in [1.165, 1.54) is 0 Å². The molecule has 2 aliphatic rings. The Labute approximate surface area is 154 Å². The predicted octanol–water partition coefficient (Wildman–Crippen LogP) is 2.84. The van der Waals surface area contributed by atoms with Crippen LogP contribution in [0.25, 0.3) is 21.9 Å². The Morgan fingerprint density at radius 1 is 1.19 bits per heavy atom. The van der Waals surface area contributed by atoms with Gasteiger partial charge in [-0.3, -0.25) is 14.9 Å². The number of nitrogens with one attached hydrogen (secondary N) is 1. The zero-order valence-corrected chi connectivity index (χ0v) is 14.7.